The smallest absolute Gasteiger partial charge is 0.308 e. The highest BCUT2D eigenvalue weighted by Gasteiger charge is 2.47. The lowest BCUT2D eigenvalue weighted by atomic mass is 9.81. The Kier molecular flexibility index (Phi) is 11.9. The molecule has 0 aromatic heterocycles. The quantitative estimate of drug-likeness (QED) is 0.222. The average molecular weight is 514 g/mol. The Balaban J connectivity index is 1.82. The number of carboxylic acid groups (broad SMARTS) is 1. The molecule has 0 bridgehead atoms. The third kappa shape index (κ3) is 8.05. The van der Waals surface area contributed by atoms with E-state index >= 15 is 0 Å². The van der Waals surface area contributed by atoms with Crippen LogP contribution in [0.4, 0.5) is 0 Å². The topological polar surface area (TPSA) is 66.8 Å². The molecule has 5 nitrogen and oxygen atoms in total. The number of rotatable bonds is 17. The fourth-order valence-electron chi connectivity index (χ4n) is 6.65. The van der Waals surface area contributed by atoms with Crippen LogP contribution in [-0.2, 0) is 16.0 Å². The van der Waals surface area contributed by atoms with Crippen molar-refractivity contribution < 1.29 is 19.4 Å². The number of ketones is 1. The molecule has 2 heterocycles. The van der Waals surface area contributed by atoms with Crippen LogP contribution in [0.2, 0.25) is 0 Å². The van der Waals surface area contributed by atoms with Crippen molar-refractivity contribution in [2.24, 2.45) is 17.8 Å². The van der Waals surface area contributed by atoms with Gasteiger partial charge in [0.2, 0.25) is 0 Å². The zero-order valence-electron chi connectivity index (χ0n) is 23.8. The lowest BCUT2D eigenvalue weighted by Gasteiger charge is -2.30. The Hall–Kier alpha value is -1.88. The molecule has 0 spiro atoms. The molecule has 1 aromatic rings. The van der Waals surface area contributed by atoms with Crippen molar-refractivity contribution in [1.82, 2.24) is 4.90 Å². The van der Waals surface area contributed by atoms with Gasteiger partial charge in [0.15, 0.2) is 0 Å². The van der Waals surface area contributed by atoms with E-state index in [1.165, 1.54) is 24.8 Å². The number of nitrogens with zero attached hydrogens (tertiary/aromatic N) is 1. The van der Waals surface area contributed by atoms with Gasteiger partial charge in [-0.3, -0.25) is 14.5 Å². The van der Waals surface area contributed by atoms with Crippen molar-refractivity contribution in [2.45, 2.75) is 117 Å². The highest BCUT2D eigenvalue weighted by molar-refractivity contribution is 5.83. The summed E-state index contributed by atoms with van der Waals surface area (Å²) in [5.74, 6) is 0.463. The minimum absolute atomic E-state index is 0.102. The molecule has 3 rings (SSSR count). The van der Waals surface area contributed by atoms with Crippen LogP contribution in [0.25, 0.3) is 0 Å². The van der Waals surface area contributed by atoms with Crippen LogP contribution in [0.15, 0.2) is 18.2 Å². The molecule has 1 fully saturated rings. The second-order valence-electron chi connectivity index (χ2n) is 11.7. The first kappa shape index (κ1) is 29.7. The van der Waals surface area contributed by atoms with Gasteiger partial charge >= 0.3 is 5.97 Å². The maximum absolute atomic E-state index is 13.7. The van der Waals surface area contributed by atoms with Gasteiger partial charge in [-0.15, -0.1) is 0 Å². The number of fused-ring (bicyclic) bond motifs is 1. The summed E-state index contributed by atoms with van der Waals surface area (Å²) in [6.45, 7) is 10.6. The number of hydrogen-bond donors (Lipinski definition) is 1. The fourth-order valence-corrected chi connectivity index (χ4v) is 6.65. The third-order valence-corrected chi connectivity index (χ3v) is 8.73. The Morgan fingerprint density at radius 2 is 1.78 bits per heavy atom. The van der Waals surface area contributed by atoms with Crippen LogP contribution >= 0.6 is 0 Å². The summed E-state index contributed by atoms with van der Waals surface area (Å²) in [5, 5.41) is 10.5. The van der Waals surface area contributed by atoms with Crippen molar-refractivity contribution in [2.75, 3.05) is 19.7 Å². The molecule has 0 saturated carbocycles. The molecule has 0 amide bonds. The molecule has 2 aliphatic heterocycles. The molecule has 2 unspecified atom stereocenters. The number of carboxylic acids is 1. The monoisotopic (exact) mass is 513 g/mol. The number of likely N-dealkylation sites (tertiary alicyclic amines) is 1. The number of unbranched alkanes of at least 4 members (excludes halogenated alkanes) is 4. The first-order valence-corrected chi connectivity index (χ1v) is 15.1. The number of Topliss-reactive ketones (excluding diaryl/α,β-unsaturated/α-hetero) is 1. The first-order chi connectivity index (χ1) is 17.9. The molecule has 1 saturated heterocycles. The van der Waals surface area contributed by atoms with Crippen molar-refractivity contribution >= 4 is 11.8 Å². The van der Waals surface area contributed by atoms with Gasteiger partial charge < -0.3 is 9.84 Å². The van der Waals surface area contributed by atoms with Gasteiger partial charge in [-0.2, -0.15) is 0 Å². The molecular formula is C32H51NO4. The summed E-state index contributed by atoms with van der Waals surface area (Å²) in [6, 6.07) is 6.12. The zero-order valence-corrected chi connectivity index (χ0v) is 23.8. The summed E-state index contributed by atoms with van der Waals surface area (Å²) in [4.78, 5) is 28.7. The number of hydrogen-bond acceptors (Lipinski definition) is 4. The Labute approximate surface area is 225 Å². The van der Waals surface area contributed by atoms with E-state index in [0.29, 0.717) is 31.4 Å². The van der Waals surface area contributed by atoms with E-state index in [0.717, 1.165) is 69.1 Å². The predicted molar refractivity (Wildman–Crippen MR) is 150 cm³/mol. The van der Waals surface area contributed by atoms with E-state index in [1.807, 2.05) is 6.07 Å². The molecule has 0 aliphatic carbocycles. The summed E-state index contributed by atoms with van der Waals surface area (Å²) < 4.78 is 5.70. The van der Waals surface area contributed by atoms with Crippen molar-refractivity contribution in [3.63, 3.8) is 0 Å². The molecule has 5 atom stereocenters. The highest BCUT2D eigenvalue weighted by Crippen LogP contribution is 2.42. The Bertz CT molecular complexity index is 868. The minimum Gasteiger partial charge on any atom is -0.493 e. The van der Waals surface area contributed by atoms with E-state index in [1.54, 1.807) is 0 Å². The van der Waals surface area contributed by atoms with E-state index in [2.05, 4.69) is 44.7 Å². The molecule has 0 radical (unpaired) electrons. The minimum atomic E-state index is -0.729. The van der Waals surface area contributed by atoms with Crippen LogP contribution in [0.5, 0.6) is 5.75 Å². The van der Waals surface area contributed by atoms with Gasteiger partial charge in [-0.25, -0.2) is 0 Å². The standard InChI is InChI=1S/C32H51NO4/c1-5-8-10-11-14-24(13-9-6-2)29(34)22-33-21-27(25-15-16-30-26(20-25)17-18-37-30)31(32(35)36)28(33)19-23(4)12-7-3/h15-16,20,23-24,27-28,31H,5-14,17-19,21-22H2,1-4H3,(H,35,36)/t23?,24?,27-,28+,31-/m1/s1. The summed E-state index contributed by atoms with van der Waals surface area (Å²) in [6.07, 6.45) is 12.7. The summed E-state index contributed by atoms with van der Waals surface area (Å²) in [5.41, 5.74) is 2.26. The molecular weight excluding hydrogens is 462 g/mol. The summed E-state index contributed by atoms with van der Waals surface area (Å²) in [7, 11) is 0. The lowest BCUT2D eigenvalue weighted by Crippen LogP contribution is -2.41. The van der Waals surface area contributed by atoms with Gasteiger partial charge in [-0.1, -0.05) is 91.2 Å². The van der Waals surface area contributed by atoms with E-state index in [-0.39, 0.29) is 17.9 Å². The number of benzene rings is 1. The number of carbonyl (C=O) groups is 2. The van der Waals surface area contributed by atoms with Gasteiger partial charge in [0.05, 0.1) is 19.1 Å². The maximum Gasteiger partial charge on any atom is 0.308 e. The van der Waals surface area contributed by atoms with Crippen LogP contribution in [-0.4, -0.2) is 47.5 Å². The van der Waals surface area contributed by atoms with Gasteiger partial charge in [0.25, 0.3) is 0 Å². The molecule has 37 heavy (non-hydrogen) atoms. The Morgan fingerprint density at radius 3 is 2.49 bits per heavy atom. The highest BCUT2D eigenvalue weighted by atomic mass is 16.5. The molecule has 5 heteroatoms. The van der Waals surface area contributed by atoms with E-state index in [4.69, 9.17) is 4.74 Å². The van der Waals surface area contributed by atoms with Crippen molar-refractivity contribution in [3.05, 3.63) is 29.3 Å². The maximum atomic E-state index is 13.7. The molecule has 2 aliphatic rings. The van der Waals surface area contributed by atoms with Gasteiger partial charge in [0, 0.05) is 30.8 Å². The predicted octanol–water partition coefficient (Wildman–Crippen LogP) is 7.26. The van der Waals surface area contributed by atoms with Gasteiger partial charge in [-0.05, 0) is 42.4 Å². The average Bonchev–Trinajstić information content (AvgIpc) is 3.48. The number of carbonyl (C=O) groups excluding carboxylic acids is 1. The third-order valence-electron chi connectivity index (χ3n) is 8.73. The SMILES string of the molecule is CCCCCCC(CCCC)C(=O)CN1C[C@H](c2ccc3c(c2)CCO3)[C@@H](C(=O)O)[C@@H]1CC(C)CCC. The second kappa shape index (κ2) is 14.9. The van der Waals surface area contributed by atoms with Crippen LogP contribution in [0, 0.1) is 17.8 Å². The van der Waals surface area contributed by atoms with E-state index in [9.17, 15) is 14.7 Å². The largest absolute Gasteiger partial charge is 0.493 e. The van der Waals surface area contributed by atoms with Crippen molar-refractivity contribution in [1.29, 1.82) is 0 Å². The fraction of sp³-hybridized carbons (Fsp3) is 0.750. The van der Waals surface area contributed by atoms with Crippen LogP contribution < -0.4 is 4.74 Å². The second-order valence-corrected chi connectivity index (χ2v) is 11.7. The van der Waals surface area contributed by atoms with E-state index < -0.39 is 11.9 Å². The van der Waals surface area contributed by atoms with Crippen LogP contribution in [0.3, 0.4) is 0 Å². The van der Waals surface area contributed by atoms with Crippen molar-refractivity contribution in [3.8, 4) is 5.75 Å². The summed E-state index contributed by atoms with van der Waals surface area (Å²) >= 11 is 0. The first-order valence-electron chi connectivity index (χ1n) is 15.1. The molecule has 208 valence electrons. The number of ether oxygens (including phenoxy) is 1. The lowest BCUT2D eigenvalue weighted by molar-refractivity contribution is -0.143. The normalized spacial score (nSPS) is 23.0. The van der Waals surface area contributed by atoms with Crippen LogP contribution in [0.1, 0.15) is 115 Å². The van der Waals surface area contributed by atoms with Gasteiger partial charge in [0.1, 0.15) is 11.5 Å². The number of aliphatic carboxylic acids is 1. The molecule has 1 N–H and O–H groups in total. The molecule has 1 aromatic carbocycles. The zero-order chi connectivity index (χ0) is 26.8. The Morgan fingerprint density at radius 1 is 1.03 bits per heavy atom.